The number of hydrogen-bond donors (Lipinski definition) is 0. The molecule has 1 rings (SSSR count). The zero-order chi connectivity index (χ0) is 13.5. The lowest BCUT2D eigenvalue weighted by atomic mass is 10.1. The van der Waals surface area contributed by atoms with Crippen molar-refractivity contribution in [1.82, 2.24) is 0 Å². The van der Waals surface area contributed by atoms with Crippen LogP contribution in [-0.2, 0) is 23.8 Å². The summed E-state index contributed by atoms with van der Waals surface area (Å²) in [4.78, 5) is 21.7. The molecule has 0 aromatic rings. The molecule has 0 unspecified atom stereocenters. The Hall–Kier alpha value is -1.80. The summed E-state index contributed by atoms with van der Waals surface area (Å²) < 4.78 is 15.5. The predicted molar refractivity (Wildman–Crippen MR) is 63.4 cm³/mol. The Balaban J connectivity index is 2.70. The van der Waals surface area contributed by atoms with E-state index >= 15 is 0 Å². The minimum absolute atomic E-state index is 0.0273. The first-order valence-corrected chi connectivity index (χ1v) is 5.59. The van der Waals surface area contributed by atoms with E-state index in [4.69, 9.17) is 14.2 Å². The molecular weight excluding hydrogens is 236 g/mol. The summed E-state index contributed by atoms with van der Waals surface area (Å²) in [5.41, 5.74) is 0. The van der Waals surface area contributed by atoms with Gasteiger partial charge in [0.15, 0.2) is 0 Å². The summed E-state index contributed by atoms with van der Waals surface area (Å²) in [6, 6.07) is 0. The molecule has 1 aliphatic rings. The Morgan fingerprint density at radius 1 is 1.28 bits per heavy atom. The van der Waals surface area contributed by atoms with Gasteiger partial charge in [0.05, 0.1) is 0 Å². The van der Waals surface area contributed by atoms with E-state index in [9.17, 15) is 9.59 Å². The van der Waals surface area contributed by atoms with Crippen LogP contribution in [-0.4, -0.2) is 36.9 Å². The van der Waals surface area contributed by atoms with Gasteiger partial charge in [-0.3, -0.25) is 9.59 Å². The summed E-state index contributed by atoms with van der Waals surface area (Å²) in [5, 5.41) is 0. The van der Waals surface area contributed by atoms with Crippen LogP contribution in [0.4, 0.5) is 0 Å². The zero-order valence-corrected chi connectivity index (χ0v) is 10.6. The summed E-state index contributed by atoms with van der Waals surface area (Å²) in [5.74, 6) is 4.75. The standard InChI is InChI=1S/C13H16O5/c1-4-5-11-6-7-12(17-10(3)15)13(18-11)8-16-9(2)14/h6-7,11-13H,8H2,1-3H3/t11-,12-,13-/m1/s1. The monoisotopic (exact) mass is 252 g/mol. The maximum absolute atomic E-state index is 11.0. The quantitative estimate of drug-likeness (QED) is 0.423. The predicted octanol–water partition coefficient (Wildman–Crippen LogP) is 0.828. The van der Waals surface area contributed by atoms with Gasteiger partial charge in [-0.25, -0.2) is 0 Å². The van der Waals surface area contributed by atoms with Crippen LogP contribution in [0.25, 0.3) is 0 Å². The molecule has 0 aromatic heterocycles. The van der Waals surface area contributed by atoms with E-state index < -0.39 is 24.1 Å². The molecule has 1 aliphatic heterocycles. The third kappa shape index (κ3) is 4.60. The van der Waals surface area contributed by atoms with Crippen molar-refractivity contribution in [3.8, 4) is 11.8 Å². The molecule has 0 fully saturated rings. The summed E-state index contributed by atoms with van der Waals surface area (Å²) in [7, 11) is 0. The molecule has 5 heteroatoms. The Bertz CT molecular complexity index is 401. The smallest absolute Gasteiger partial charge is 0.303 e. The molecule has 0 saturated heterocycles. The van der Waals surface area contributed by atoms with E-state index in [-0.39, 0.29) is 12.7 Å². The fourth-order valence-electron chi connectivity index (χ4n) is 1.51. The molecule has 0 N–H and O–H groups in total. The molecule has 0 radical (unpaired) electrons. The van der Waals surface area contributed by atoms with Crippen LogP contribution in [0.3, 0.4) is 0 Å². The second-order valence-corrected chi connectivity index (χ2v) is 3.75. The molecule has 0 aromatic carbocycles. The molecule has 18 heavy (non-hydrogen) atoms. The van der Waals surface area contributed by atoms with Gasteiger partial charge in [0.2, 0.25) is 0 Å². The van der Waals surface area contributed by atoms with Crippen molar-refractivity contribution < 1.29 is 23.8 Å². The first-order valence-electron chi connectivity index (χ1n) is 5.59. The van der Waals surface area contributed by atoms with E-state index in [1.165, 1.54) is 13.8 Å². The van der Waals surface area contributed by atoms with Gasteiger partial charge in [0, 0.05) is 13.8 Å². The average molecular weight is 252 g/mol. The van der Waals surface area contributed by atoms with Gasteiger partial charge in [-0.2, -0.15) is 0 Å². The van der Waals surface area contributed by atoms with Crippen molar-refractivity contribution in [3.05, 3.63) is 12.2 Å². The molecule has 0 saturated carbocycles. The van der Waals surface area contributed by atoms with Crippen molar-refractivity contribution in [2.45, 2.75) is 39.1 Å². The summed E-state index contributed by atoms with van der Waals surface area (Å²) >= 11 is 0. The van der Waals surface area contributed by atoms with Crippen molar-refractivity contribution in [2.75, 3.05) is 6.61 Å². The largest absolute Gasteiger partial charge is 0.463 e. The Morgan fingerprint density at radius 3 is 2.56 bits per heavy atom. The Kier molecular flexibility index (Phi) is 5.40. The molecule has 0 amide bonds. The highest BCUT2D eigenvalue weighted by Gasteiger charge is 2.29. The van der Waals surface area contributed by atoms with Crippen LogP contribution in [0.5, 0.6) is 0 Å². The van der Waals surface area contributed by atoms with Gasteiger partial charge in [0.1, 0.15) is 24.9 Å². The number of esters is 2. The number of carbonyl (C=O) groups excluding carboxylic acids is 2. The second-order valence-electron chi connectivity index (χ2n) is 3.75. The van der Waals surface area contributed by atoms with Crippen LogP contribution >= 0.6 is 0 Å². The van der Waals surface area contributed by atoms with Gasteiger partial charge < -0.3 is 14.2 Å². The van der Waals surface area contributed by atoms with Crippen LogP contribution in [0, 0.1) is 11.8 Å². The lowest BCUT2D eigenvalue weighted by Gasteiger charge is -2.29. The third-order valence-electron chi connectivity index (χ3n) is 2.20. The zero-order valence-electron chi connectivity index (χ0n) is 10.6. The van der Waals surface area contributed by atoms with Crippen molar-refractivity contribution in [3.63, 3.8) is 0 Å². The number of carbonyl (C=O) groups is 2. The topological polar surface area (TPSA) is 61.8 Å². The summed E-state index contributed by atoms with van der Waals surface area (Å²) in [6.07, 6.45) is 1.95. The van der Waals surface area contributed by atoms with Gasteiger partial charge in [-0.15, -0.1) is 5.92 Å². The molecule has 0 spiro atoms. The van der Waals surface area contributed by atoms with Crippen LogP contribution in [0.1, 0.15) is 20.8 Å². The first kappa shape index (κ1) is 14.3. The van der Waals surface area contributed by atoms with E-state index in [2.05, 4.69) is 11.8 Å². The van der Waals surface area contributed by atoms with E-state index in [0.717, 1.165) is 0 Å². The number of ether oxygens (including phenoxy) is 3. The number of rotatable bonds is 3. The normalized spacial score (nSPS) is 25.8. The minimum atomic E-state index is -0.559. The fraction of sp³-hybridized carbons (Fsp3) is 0.538. The molecule has 3 atom stereocenters. The molecular formula is C13H16O5. The van der Waals surface area contributed by atoms with E-state index in [0.29, 0.717) is 0 Å². The SMILES string of the molecule is CC#C[C@@H]1C=C[C@@H](OC(C)=O)[C@@H](COC(C)=O)O1. The maximum atomic E-state index is 11.0. The van der Waals surface area contributed by atoms with Crippen molar-refractivity contribution in [1.29, 1.82) is 0 Å². The average Bonchev–Trinajstić information content (AvgIpc) is 2.28. The van der Waals surface area contributed by atoms with Gasteiger partial charge >= 0.3 is 11.9 Å². The van der Waals surface area contributed by atoms with E-state index in [1.54, 1.807) is 19.1 Å². The lowest BCUT2D eigenvalue weighted by Crippen LogP contribution is -2.41. The van der Waals surface area contributed by atoms with Crippen LogP contribution in [0.2, 0.25) is 0 Å². The van der Waals surface area contributed by atoms with Crippen LogP contribution < -0.4 is 0 Å². The van der Waals surface area contributed by atoms with Crippen LogP contribution in [0.15, 0.2) is 12.2 Å². The first-order chi connectivity index (χ1) is 8.52. The molecule has 0 bridgehead atoms. The highest BCUT2D eigenvalue weighted by atomic mass is 16.6. The van der Waals surface area contributed by atoms with Crippen molar-refractivity contribution >= 4 is 11.9 Å². The van der Waals surface area contributed by atoms with E-state index in [1.807, 2.05) is 0 Å². The Morgan fingerprint density at radius 2 is 2.00 bits per heavy atom. The fourth-order valence-corrected chi connectivity index (χ4v) is 1.51. The lowest BCUT2D eigenvalue weighted by molar-refractivity contribution is -0.161. The molecule has 5 nitrogen and oxygen atoms in total. The van der Waals surface area contributed by atoms with Crippen molar-refractivity contribution in [2.24, 2.45) is 0 Å². The Labute approximate surface area is 106 Å². The van der Waals surface area contributed by atoms with Gasteiger partial charge in [-0.1, -0.05) is 5.92 Å². The highest BCUT2D eigenvalue weighted by Crippen LogP contribution is 2.16. The third-order valence-corrected chi connectivity index (χ3v) is 2.20. The van der Waals surface area contributed by atoms with Gasteiger partial charge in [-0.05, 0) is 19.1 Å². The summed E-state index contributed by atoms with van der Waals surface area (Å²) in [6.45, 7) is 4.35. The minimum Gasteiger partial charge on any atom is -0.463 e. The second kappa shape index (κ2) is 6.82. The molecule has 0 aliphatic carbocycles. The maximum Gasteiger partial charge on any atom is 0.303 e. The molecule has 98 valence electrons. The van der Waals surface area contributed by atoms with Gasteiger partial charge in [0.25, 0.3) is 0 Å². The number of hydrogen-bond acceptors (Lipinski definition) is 5. The molecule has 1 heterocycles. The highest BCUT2D eigenvalue weighted by molar-refractivity contribution is 5.66.